The van der Waals surface area contributed by atoms with Crippen LogP contribution in [0.1, 0.15) is 24.2 Å². The van der Waals surface area contributed by atoms with Gasteiger partial charge < -0.3 is 9.64 Å². The summed E-state index contributed by atoms with van der Waals surface area (Å²) in [5.41, 5.74) is 3.13. The van der Waals surface area contributed by atoms with E-state index in [9.17, 15) is 4.79 Å². The quantitative estimate of drug-likeness (QED) is 0.449. The minimum Gasteiger partial charge on any atom is -0.497 e. The third-order valence-electron chi connectivity index (χ3n) is 5.34. The van der Waals surface area contributed by atoms with E-state index in [1.807, 2.05) is 85.6 Å². The van der Waals surface area contributed by atoms with Crippen LogP contribution in [0, 0.1) is 0 Å². The van der Waals surface area contributed by atoms with Crippen molar-refractivity contribution in [3.05, 3.63) is 78.5 Å². The average molecular weight is 399 g/mol. The number of carbonyl (C=O) groups excluding carboxylic acids is 1. The highest BCUT2D eigenvalue weighted by atomic mass is 16.5. The number of fused-ring (bicyclic) bond motifs is 1. The van der Waals surface area contributed by atoms with Crippen molar-refractivity contribution in [1.29, 1.82) is 0 Å². The van der Waals surface area contributed by atoms with Crippen LogP contribution in [0.5, 0.6) is 5.75 Å². The molecule has 4 rings (SSSR count). The Labute approximate surface area is 176 Å². The first-order valence-corrected chi connectivity index (χ1v) is 10.2. The lowest BCUT2D eigenvalue weighted by molar-refractivity contribution is 0.0773. The zero-order valence-electron chi connectivity index (χ0n) is 17.5. The fourth-order valence-corrected chi connectivity index (χ4v) is 3.64. The molecule has 1 aromatic heterocycles. The van der Waals surface area contributed by atoms with E-state index in [1.54, 1.807) is 11.8 Å². The molecule has 0 aliphatic carbocycles. The Bertz CT molecular complexity index is 1180. The van der Waals surface area contributed by atoms with Gasteiger partial charge in [-0.3, -0.25) is 4.79 Å². The third kappa shape index (κ3) is 3.66. The highest BCUT2D eigenvalue weighted by Crippen LogP contribution is 2.29. The normalized spacial score (nSPS) is 10.9. The van der Waals surface area contributed by atoms with Crippen molar-refractivity contribution in [3.8, 4) is 22.7 Å². The molecule has 0 N–H and O–H groups in total. The van der Waals surface area contributed by atoms with Crippen molar-refractivity contribution < 1.29 is 9.53 Å². The standard InChI is InChI=1S/C25H25N3O2/c1-4-27(5-2)25(29)23-17-28(21-9-7-6-8-10-21)26-24(23)20-12-11-19-16-22(30-3)14-13-18(19)15-20/h6-17H,4-5H2,1-3H3. The maximum absolute atomic E-state index is 13.2. The number of nitrogens with zero attached hydrogens (tertiary/aromatic N) is 3. The molecular formula is C25H25N3O2. The largest absolute Gasteiger partial charge is 0.497 e. The number of carbonyl (C=O) groups is 1. The molecular weight excluding hydrogens is 374 g/mol. The molecule has 3 aromatic carbocycles. The van der Waals surface area contributed by atoms with Gasteiger partial charge in [0.2, 0.25) is 0 Å². The molecule has 5 heteroatoms. The molecule has 152 valence electrons. The maximum atomic E-state index is 13.2. The molecule has 0 bridgehead atoms. The van der Waals surface area contributed by atoms with Crippen molar-refractivity contribution in [2.75, 3.05) is 20.2 Å². The van der Waals surface area contributed by atoms with E-state index in [4.69, 9.17) is 9.84 Å². The molecule has 30 heavy (non-hydrogen) atoms. The highest BCUT2D eigenvalue weighted by molar-refractivity contribution is 6.01. The third-order valence-corrected chi connectivity index (χ3v) is 5.34. The number of hydrogen-bond acceptors (Lipinski definition) is 3. The van der Waals surface area contributed by atoms with E-state index in [2.05, 4.69) is 6.07 Å². The fourth-order valence-electron chi connectivity index (χ4n) is 3.64. The smallest absolute Gasteiger partial charge is 0.257 e. The van der Waals surface area contributed by atoms with Gasteiger partial charge in [-0.15, -0.1) is 0 Å². The Hall–Kier alpha value is -3.60. The summed E-state index contributed by atoms with van der Waals surface area (Å²) in [5.74, 6) is 0.813. The van der Waals surface area contributed by atoms with Crippen LogP contribution in [0.2, 0.25) is 0 Å². The Morgan fingerprint density at radius 1 is 0.967 bits per heavy atom. The van der Waals surface area contributed by atoms with Crippen LogP contribution >= 0.6 is 0 Å². The molecule has 0 saturated heterocycles. The number of benzene rings is 3. The maximum Gasteiger partial charge on any atom is 0.257 e. The molecule has 5 nitrogen and oxygen atoms in total. The summed E-state index contributed by atoms with van der Waals surface area (Å²) in [5, 5.41) is 6.96. The van der Waals surface area contributed by atoms with Gasteiger partial charge in [0, 0.05) is 24.8 Å². The van der Waals surface area contributed by atoms with Gasteiger partial charge in [-0.25, -0.2) is 4.68 Å². The lowest BCUT2D eigenvalue weighted by Gasteiger charge is -2.18. The molecule has 4 aromatic rings. The Morgan fingerprint density at radius 2 is 1.67 bits per heavy atom. The number of methoxy groups -OCH3 is 1. The summed E-state index contributed by atoms with van der Waals surface area (Å²) in [4.78, 5) is 15.1. The van der Waals surface area contributed by atoms with E-state index in [0.717, 1.165) is 27.8 Å². The van der Waals surface area contributed by atoms with Gasteiger partial charge in [0.15, 0.2) is 0 Å². The number of amides is 1. The SMILES string of the molecule is CCN(CC)C(=O)c1cn(-c2ccccc2)nc1-c1ccc2cc(OC)ccc2c1. The second-order valence-corrected chi connectivity index (χ2v) is 7.08. The number of para-hydroxylation sites is 1. The van der Waals surface area contributed by atoms with E-state index in [0.29, 0.717) is 24.3 Å². The number of ether oxygens (including phenoxy) is 1. The van der Waals surface area contributed by atoms with Gasteiger partial charge in [-0.2, -0.15) is 5.10 Å². The van der Waals surface area contributed by atoms with Crippen LogP contribution in [0.4, 0.5) is 0 Å². The van der Waals surface area contributed by atoms with Crippen LogP contribution in [-0.4, -0.2) is 40.8 Å². The summed E-state index contributed by atoms with van der Waals surface area (Å²) in [6.07, 6.45) is 1.84. The molecule has 0 aliphatic heterocycles. The molecule has 0 unspecified atom stereocenters. The minimum atomic E-state index is -0.00740. The second kappa shape index (κ2) is 8.41. The molecule has 0 radical (unpaired) electrons. The predicted molar refractivity (Wildman–Crippen MR) is 120 cm³/mol. The van der Waals surface area contributed by atoms with Gasteiger partial charge in [0.05, 0.1) is 18.4 Å². The Kier molecular flexibility index (Phi) is 5.53. The molecule has 0 spiro atoms. The first kappa shape index (κ1) is 19.7. The van der Waals surface area contributed by atoms with Crippen molar-refractivity contribution in [2.45, 2.75) is 13.8 Å². The minimum absolute atomic E-state index is 0.00740. The summed E-state index contributed by atoms with van der Waals surface area (Å²) in [6.45, 7) is 5.30. The molecule has 0 saturated carbocycles. The zero-order chi connectivity index (χ0) is 21.1. The van der Waals surface area contributed by atoms with Crippen LogP contribution in [-0.2, 0) is 0 Å². The summed E-state index contributed by atoms with van der Waals surface area (Å²) in [7, 11) is 1.66. The summed E-state index contributed by atoms with van der Waals surface area (Å²) < 4.78 is 7.11. The van der Waals surface area contributed by atoms with Gasteiger partial charge in [-0.1, -0.05) is 36.4 Å². The first-order valence-electron chi connectivity index (χ1n) is 10.2. The van der Waals surface area contributed by atoms with Crippen LogP contribution in [0.25, 0.3) is 27.7 Å². The predicted octanol–water partition coefficient (Wildman–Crippen LogP) is 5.18. The van der Waals surface area contributed by atoms with Gasteiger partial charge in [-0.05, 0) is 55.0 Å². The Morgan fingerprint density at radius 3 is 2.37 bits per heavy atom. The van der Waals surface area contributed by atoms with E-state index in [1.165, 1.54) is 0 Å². The lowest BCUT2D eigenvalue weighted by Crippen LogP contribution is -2.30. The number of rotatable bonds is 6. The molecule has 1 heterocycles. The number of aromatic nitrogens is 2. The number of hydrogen-bond donors (Lipinski definition) is 0. The van der Waals surface area contributed by atoms with Crippen molar-refractivity contribution in [1.82, 2.24) is 14.7 Å². The van der Waals surface area contributed by atoms with E-state index >= 15 is 0 Å². The van der Waals surface area contributed by atoms with Crippen molar-refractivity contribution >= 4 is 16.7 Å². The average Bonchev–Trinajstić information content (AvgIpc) is 3.25. The van der Waals surface area contributed by atoms with Crippen molar-refractivity contribution in [2.24, 2.45) is 0 Å². The topological polar surface area (TPSA) is 47.4 Å². The zero-order valence-corrected chi connectivity index (χ0v) is 17.5. The van der Waals surface area contributed by atoms with Crippen LogP contribution in [0.15, 0.2) is 72.9 Å². The fraction of sp³-hybridized carbons (Fsp3) is 0.200. The summed E-state index contributed by atoms with van der Waals surface area (Å²) >= 11 is 0. The van der Waals surface area contributed by atoms with Crippen LogP contribution in [0.3, 0.4) is 0 Å². The van der Waals surface area contributed by atoms with E-state index in [-0.39, 0.29) is 5.91 Å². The summed E-state index contributed by atoms with van der Waals surface area (Å²) in [6, 6.07) is 22.0. The molecule has 0 fully saturated rings. The first-order chi connectivity index (χ1) is 14.6. The van der Waals surface area contributed by atoms with Crippen molar-refractivity contribution in [3.63, 3.8) is 0 Å². The van der Waals surface area contributed by atoms with Gasteiger partial charge in [0.25, 0.3) is 5.91 Å². The highest BCUT2D eigenvalue weighted by Gasteiger charge is 2.22. The lowest BCUT2D eigenvalue weighted by atomic mass is 10.0. The van der Waals surface area contributed by atoms with Gasteiger partial charge in [0.1, 0.15) is 11.4 Å². The van der Waals surface area contributed by atoms with E-state index < -0.39 is 0 Å². The molecule has 0 atom stereocenters. The van der Waals surface area contributed by atoms with Gasteiger partial charge >= 0.3 is 0 Å². The Balaban J connectivity index is 1.86. The van der Waals surface area contributed by atoms with Crippen LogP contribution < -0.4 is 4.74 Å². The monoisotopic (exact) mass is 399 g/mol. The second-order valence-electron chi connectivity index (χ2n) is 7.08. The molecule has 1 amide bonds. The molecule has 0 aliphatic rings.